The molecule has 1 aliphatic rings. The Labute approximate surface area is 455 Å². The average molecular weight is 1280 g/mol. The minimum Gasteiger partial charge on any atom is -0.489 e. The first-order valence-electron chi connectivity index (χ1n) is 22.7. The lowest BCUT2D eigenvalue weighted by molar-refractivity contribution is -0.146. The zero-order valence-electron chi connectivity index (χ0n) is 40.8. The van der Waals surface area contributed by atoms with Crippen LogP contribution < -0.4 is 15.2 Å². The highest BCUT2D eigenvalue weighted by molar-refractivity contribution is 14.1. The SMILES string of the molecule is CCN(CC)CC.COC(=O)C(N)c1cc(F)ccc1OCc1ccccc1.COC(=O)C(c1cc(F)ccc1OCc1ccccc1)N1Cc2cccc(I)c2C1=O.COC(=O)c1c(I)cccc1CBr. The first-order chi connectivity index (χ1) is 34.7. The van der Waals surface area contributed by atoms with Crippen LogP contribution in [0.15, 0.2) is 133 Å². The molecule has 0 saturated carbocycles. The molecular weight excluding hydrogens is 1220 g/mol. The molecule has 2 atom stereocenters. The van der Waals surface area contributed by atoms with Crippen molar-refractivity contribution in [2.75, 3.05) is 41.0 Å². The highest BCUT2D eigenvalue weighted by atomic mass is 127. The molecule has 1 amide bonds. The van der Waals surface area contributed by atoms with Crippen molar-refractivity contribution in [3.05, 3.63) is 197 Å². The van der Waals surface area contributed by atoms with Gasteiger partial charge in [0.25, 0.3) is 5.91 Å². The summed E-state index contributed by atoms with van der Waals surface area (Å²) in [6.45, 7) is 10.9. The normalized spacial score (nSPS) is 12.1. The second kappa shape index (κ2) is 30.5. The van der Waals surface area contributed by atoms with E-state index in [1.165, 1.54) is 82.3 Å². The monoisotopic (exact) mass is 1280 g/mol. The van der Waals surface area contributed by atoms with Crippen LogP contribution in [0.2, 0.25) is 0 Å². The van der Waals surface area contributed by atoms with Crippen LogP contribution in [0.3, 0.4) is 0 Å². The van der Waals surface area contributed by atoms with Crippen LogP contribution >= 0.6 is 61.1 Å². The molecule has 6 aromatic carbocycles. The Kier molecular flexibility index (Phi) is 25.1. The van der Waals surface area contributed by atoms with Gasteiger partial charge in [0.05, 0.1) is 32.5 Å². The predicted molar refractivity (Wildman–Crippen MR) is 294 cm³/mol. The van der Waals surface area contributed by atoms with Gasteiger partial charge in [0.2, 0.25) is 0 Å². The number of hydrogen-bond acceptors (Lipinski definition) is 11. The third-order valence-corrected chi connectivity index (χ3v) is 13.5. The molecule has 2 N–H and O–H groups in total. The number of nitrogens with two attached hydrogens (primary N) is 1. The van der Waals surface area contributed by atoms with Crippen molar-refractivity contribution in [1.29, 1.82) is 0 Å². The molecule has 7 rings (SSSR count). The summed E-state index contributed by atoms with van der Waals surface area (Å²) in [6, 6.07) is 35.9. The lowest BCUT2D eigenvalue weighted by atomic mass is 10.0. The lowest BCUT2D eigenvalue weighted by Gasteiger charge is -2.27. The Morgan fingerprint density at radius 2 is 1.17 bits per heavy atom. The van der Waals surface area contributed by atoms with Gasteiger partial charge < -0.3 is 39.2 Å². The lowest BCUT2D eigenvalue weighted by Crippen LogP contribution is -2.35. The summed E-state index contributed by atoms with van der Waals surface area (Å²) in [5.41, 5.74) is 11.1. The molecule has 6 aromatic rings. The summed E-state index contributed by atoms with van der Waals surface area (Å²) in [5, 5.41) is 0.661. The van der Waals surface area contributed by atoms with E-state index in [2.05, 4.69) is 91.5 Å². The molecule has 0 spiro atoms. The molecule has 0 bridgehead atoms. The van der Waals surface area contributed by atoms with Gasteiger partial charge in [-0.25, -0.2) is 18.4 Å². The second-order valence-corrected chi connectivity index (χ2v) is 18.5. The first-order valence-corrected chi connectivity index (χ1v) is 26.0. The van der Waals surface area contributed by atoms with E-state index in [4.69, 9.17) is 24.7 Å². The van der Waals surface area contributed by atoms with Crippen LogP contribution in [-0.4, -0.2) is 74.6 Å². The molecule has 2 unspecified atom stereocenters. The van der Waals surface area contributed by atoms with E-state index in [-0.39, 0.29) is 36.2 Å². The van der Waals surface area contributed by atoms with E-state index in [0.717, 1.165) is 29.4 Å². The Balaban J connectivity index is 0.000000236. The second-order valence-electron chi connectivity index (χ2n) is 15.6. The Morgan fingerprint density at radius 3 is 1.64 bits per heavy atom. The van der Waals surface area contributed by atoms with E-state index in [1.807, 2.05) is 97.1 Å². The molecule has 0 radical (unpaired) electrons. The van der Waals surface area contributed by atoms with Gasteiger partial charge in [0.1, 0.15) is 42.4 Å². The molecule has 17 heteroatoms. The van der Waals surface area contributed by atoms with Gasteiger partial charge in [-0.1, -0.05) is 122 Å². The summed E-state index contributed by atoms with van der Waals surface area (Å²) in [6.07, 6.45) is 0. The quantitative estimate of drug-likeness (QED) is 0.0427. The third kappa shape index (κ3) is 16.8. The molecule has 0 aliphatic carbocycles. The van der Waals surface area contributed by atoms with Gasteiger partial charge in [-0.2, -0.15) is 0 Å². The standard InChI is InChI=1S/C24H19FINO4.C16H16FNO3.C9H8BrIO2.C6H15N/c1-30-24(29)22(27-13-16-8-5-9-19(26)21(16)23(27)28)18-12-17(25)10-11-20(18)31-14-15-6-3-2-4-7-15;1-20-16(19)15(18)13-9-12(17)7-8-14(13)21-10-11-5-3-2-4-6-11;1-13-9(12)8-6(5-10)3-2-4-7(8)11;1-4-7(5-2)6-3/h2-12,22H,13-14H2,1H3;2-9,15H,10,18H2,1H3;2-4H,5H2,1H3;4-6H2,1-3H3. The van der Waals surface area contributed by atoms with E-state index < -0.39 is 35.7 Å². The van der Waals surface area contributed by atoms with Crippen LogP contribution in [0.1, 0.15) is 87.0 Å². The Morgan fingerprint density at radius 1 is 0.667 bits per heavy atom. The zero-order valence-corrected chi connectivity index (χ0v) is 46.7. The topological polar surface area (TPSA) is 147 Å². The largest absolute Gasteiger partial charge is 0.489 e. The summed E-state index contributed by atoms with van der Waals surface area (Å²) in [4.78, 5) is 52.7. The van der Waals surface area contributed by atoms with Crippen molar-refractivity contribution in [3.8, 4) is 11.5 Å². The van der Waals surface area contributed by atoms with Crippen LogP contribution in [0.5, 0.6) is 11.5 Å². The van der Waals surface area contributed by atoms with Crippen molar-refractivity contribution < 1.29 is 51.6 Å². The number of halogens is 5. The van der Waals surface area contributed by atoms with Crippen molar-refractivity contribution in [3.63, 3.8) is 0 Å². The third-order valence-electron chi connectivity index (χ3n) is 11.1. The first kappa shape index (κ1) is 59.1. The smallest absolute Gasteiger partial charge is 0.339 e. The highest BCUT2D eigenvalue weighted by Gasteiger charge is 2.40. The number of esters is 3. The van der Waals surface area contributed by atoms with Crippen LogP contribution in [-0.2, 0) is 48.9 Å². The molecule has 12 nitrogen and oxygen atoms in total. The number of fused-ring (bicyclic) bond motifs is 1. The molecule has 0 aromatic heterocycles. The van der Waals surface area contributed by atoms with Gasteiger partial charge in [0.15, 0.2) is 6.04 Å². The van der Waals surface area contributed by atoms with Crippen molar-refractivity contribution in [2.24, 2.45) is 5.73 Å². The number of rotatable bonds is 16. The average Bonchev–Trinajstić information content (AvgIpc) is 3.74. The van der Waals surface area contributed by atoms with Gasteiger partial charge >= 0.3 is 17.9 Å². The summed E-state index contributed by atoms with van der Waals surface area (Å²) >= 11 is 7.55. The maximum atomic E-state index is 14.2. The number of ether oxygens (including phenoxy) is 5. The maximum Gasteiger partial charge on any atom is 0.339 e. The molecular formula is C55H58BrF2I2N3O9. The highest BCUT2D eigenvalue weighted by Crippen LogP contribution is 2.38. The summed E-state index contributed by atoms with van der Waals surface area (Å²) in [7, 11) is 3.87. The fraction of sp³-hybridized carbons (Fsp3) is 0.273. The number of alkyl halides is 1. The minimum atomic E-state index is -1.14. The molecule has 382 valence electrons. The van der Waals surface area contributed by atoms with Crippen LogP contribution in [0, 0.1) is 18.8 Å². The number of methoxy groups -OCH3 is 3. The maximum absolute atomic E-state index is 14.2. The molecule has 1 heterocycles. The molecule has 0 fully saturated rings. The number of benzene rings is 6. The fourth-order valence-corrected chi connectivity index (χ4v) is 9.27. The van der Waals surface area contributed by atoms with Crippen molar-refractivity contribution in [1.82, 2.24) is 9.80 Å². The fourth-order valence-electron chi connectivity index (χ4n) is 7.25. The Hall–Kier alpha value is -5.48. The van der Waals surface area contributed by atoms with Crippen LogP contribution in [0.4, 0.5) is 8.78 Å². The molecule has 0 saturated heterocycles. The predicted octanol–water partition coefficient (Wildman–Crippen LogP) is 11.8. The van der Waals surface area contributed by atoms with E-state index in [9.17, 15) is 28.0 Å². The minimum absolute atomic E-state index is 0.222. The zero-order chi connectivity index (χ0) is 52.7. The van der Waals surface area contributed by atoms with Gasteiger partial charge in [0, 0.05) is 30.1 Å². The van der Waals surface area contributed by atoms with E-state index in [1.54, 1.807) is 0 Å². The van der Waals surface area contributed by atoms with Gasteiger partial charge in [-0.3, -0.25) is 9.59 Å². The van der Waals surface area contributed by atoms with E-state index in [0.29, 0.717) is 34.6 Å². The number of nitrogens with zero attached hydrogens (tertiary/aromatic N) is 2. The molecule has 72 heavy (non-hydrogen) atoms. The van der Waals surface area contributed by atoms with Crippen molar-refractivity contribution >= 4 is 84.9 Å². The number of carbonyl (C=O) groups excluding carboxylic acids is 4. The summed E-state index contributed by atoms with van der Waals surface area (Å²) in [5.74, 6) is -2.23. The van der Waals surface area contributed by atoms with E-state index >= 15 is 0 Å². The summed E-state index contributed by atoms with van der Waals surface area (Å²) < 4.78 is 55.2. The Bertz CT molecular complexity index is 2710. The number of carbonyl (C=O) groups is 4. The number of amides is 1. The van der Waals surface area contributed by atoms with Crippen molar-refractivity contribution in [2.45, 2.75) is 57.9 Å². The molecule has 1 aliphatic heterocycles. The van der Waals surface area contributed by atoms with Gasteiger partial charge in [-0.05, 0) is 136 Å². The number of hydrogen-bond donors (Lipinski definition) is 1. The van der Waals surface area contributed by atoms with Crippen LogP contribution in [0.25, 0.3) is 0 Å². The van der Waals surface area contributed by atoms with Gasteiger partial charge in [-0.15, -0.1) is 0 Å².